The maximum Gasteiger partial charge on any atom is 0.243 e. The van der Waals surface area contributed by atoms with E-state index in [1.165, 1.54) is 0 Å². The Bertz CT molecular complexity index is 892. The van der Waals surface area contributed by atoms with E-state index in [1.54, 1.807) is 17.0 Å². The summed E-state index contributed by atoms with van der Waals surface area (Å²) >= 11 is 12.2. The molecule has 162 valence electrons. The van der Waals surface area contributed by atoms with Gasteiger partial charge in [-0.3, -0.25) is 9.59 Å². The number of rotatable bonds is 8. The summed E-state index contributed by atoms with van der Waals surface area (Å²) < 4.78 is 0. The number of nitrogens with one attached hydrogen (secondary N) is 1. The summed E-state index contributed by atoms with van der Waals surface area (Å²) in [7, 11) is 0. The highest BCUT2D eigenvalue weighted by Gasteiger charge is 2.29. The number of benzene rings is 2. The van der Waals surface area contributed by atoms with Crippen LogP contribution >= 0.6 is 23.2 Å². The molecule has 0 aliphatic heterocycles. The molecule has 1 N–H and O–H groups in total. The quantitative estimate of drug-likeness (QED) is 0.580. The second-order valence-electron chi connectivity index (χ2n) is 8.03. The molecule has 0 aliphatic rings. The molecule has 2 aromatic rings. The van der Waals surface area contributed by atoms with E-state index in [0.29, 0.717) is 16.5 Å². The van der Waals surface area contributed by atoms with E-state index >= 15 is 0 Å². The van der Waals surface area contributed by atoms with Gasteiger partial charge < -0.3 is 10.2 Å². The molecule has 6 heteroatoms. The van der Waals surface area contributed by atoms with Gasteiger partial charge in [-0.25, -0.2) is 0 Å². The molecule has 0 heterocycles. The van der Waals surface area contributed by atoms with Crippen molar-refractivity contribution >= 4 is 35.0 Å². The lowest BCUT2D eigenvalue weighted by Crippen LogP contribution is -2.50. The summed E-state index contributed by atoms with van der Waals surface area (Å²) in [6, 6.07) is 10.8. The van der Waals surface area contributed by atoms with Crippen LogP contribution < -0.4 is 5.32 Å². The van der Waals surface area contributed by atoms with Crippen LogP contribution in [0.15, 0.2) is 36.4 Å². The van der Waals surface area contributed by atoms with Gasteiger partial charge in [-0.1, -0.05) is 65.5 Å². The summed E-state index contributed by atoms with van der Waals surface area (Å²) in [5.74, 6) is -0.252. The molecule has 2 rings (SSSR count). The molecular formula is C24H30Cl2N2O2. The fourth-order valence-electron chi connectivity index (χ4n) is 3.58. The van der Waals surface area contributed by atoms with Gasteiger partial charge in [-0.2, -0.15) is 0 Å². The molecule has 2 amide bonds. The van der Waals surface area contributed by atoms with Crippen LogP contribution in [0.4, 0.5) is 0 Å². The number of hydrogen-bond donors (Lipinski definition) is 1. The molecule has 30 heavy (non-hydrogen) atoms. The van der Waals surface area contributed by atoms with Crippen molar-refractivity contribution in [2.24, 2.45) is 0 Å². The normalized spacial score (nSPS) is 12.0. The van der Waals surface area contributed by atoms with Gasteiger partial charge in [0.25, 0.3) is 0 Å². The van der Waals surface area contributed by atoms with Gasteiger partial charge in [0, 0.05) is 12.6 Å². The van der Waals surface area contributed by atoms with Crippen LogP contribution in [0.2, 0.25) is 10.0 Å². The molecule has 1 atom stereocenters. The number of carbonyl (C=O) groups excluding carboxylic acids is 2. The first-order valence-corrected chi connectivity index (χ1v) is 11.0. The van der Waals surface area contributed by atoms with Crippen molar-refractivity contribution in [2.45, 2.75) is 66.1 Å². The molecule has 0 aromatic heterocycles. The third kappa shape index (κ3) is 6.75. The Kier molecular flexibility index (Phi) is 8.75. The molecule has 0 aliphatic carbocycles. The fraction of sp³-hybridized carbons (Fsp3) is 0.417. The van der Waals surface area contributed by atoms with Crippen molar-refractivity contribution in [3.8, 4) is 0 Å². The first-order chi connectivity index (χ1) is 14.1. The highest BCUT2D eigenvalue weighted by Crippen LogP contribution is 2.24. The van der Waals surface area contributed by atoms with Crippen molar-refractivity contribution in [2.75, 3.05) is 0 Å². The third-order valence-corrected chi connectivity index (χ3v) is 5.53. The smallest absolute Gasteiger partial charge is 0.243 e. The number of hydrogen-bond acceptors (Lipinski definition) is 2. The lowest BCUT2D eigenvalue weighted by Gasteiger charge is -2.31. The molecule has 0 radical (unpaired) electrons. The van der Waals surface area contributed by atoms with E-state index in [1.807, 2.05) is 52.8 Å². The van der Waals surface area contributed by atoms with Crippen LogP contribution in [0.1, 0.15) is 49.4 Å². The zero-order chi connectivity index (χ0) is 22.4. The van der Waals surface area contributed by atoms with Crippen LogP contribution in [0, 0.1) is 13.8 Å². The zero-order valence-electron chi connectivity index (χ0n) is 18.3. The number of halogens is 2. The zero-order valence-corrected chi connectivity index (χ0v) is 19.8. The number of nitrogens with zero attached hydrogens (tertiary/aromatic N) is 1. The minimum atomic E-state index is -0.569. The van der Waals surface area contributed by atoms with Gasteiger partial charge >= 0.3 is 0 Å². The van der Waals surface area contributed by atoms with Crippen molar-refractivity contribution in [3.63, 3.8) is 0 Å². The summed E-state index contributed by atoms with van der Waals surface area (Å²) in [6.07, 6.45) is 0.744. The Labute approximate surface area is 189 Å². The highest BCUT2D eigenvalue weighted by atomic mass is 35.5. The van der Waals surface area contributed by atoms with Gasteiger partial charge in [-0.05, 0) is 57.4 Å². The van der Waals surface area contributed by atoms with Gasteiger partial charge in [0.1, 0.15) is 6.04 Å². The van der Waals surface area contributed by atoms with Gasteiger partial charge in [0.15, 0.2) is 0 Å². The van der Waals surface area contributed by atoms with E-state index in [2.05, 4.69) is 11.4 Å². The van der Waals surface area contributed by atoms with Crippen molar-refractivity contribution in [1.29, 1.82) is 0 Å². The van der Waals surface area contributed by atoms with Crippen molar-refractivity contribution in [3.05, 3.63) is 68.7 Å². The molecule has 2 aromatic carbocycles. The monoisotopic (exact) mass is 448 g/mol. The van der Waals surface area contributed by atoms with E-state index in [4.69, 9.17) is 23.2 Å². The standard InChI is InChI=1S/C24H30Cl2N2O2/c1-6-22(24(30)27-15(2)3)28(14-18-7-8-20(25)21(26)12-18)23(29)13-19-10-16(4)9-17(5)11-19/h7-12,15,22H,6,13-14H2,1-5H3,(H,27,30)/t22-/m1/s1. The Morgan fingerprint density at radius 3 is 2.13 bits per heavy atom. The fourth-order valence-corrected chi connectivity index (χ4v) is 3.90. The molecule has 0 spiro atoms. The molecule has 0 bridgehead atoms. The predicted molar refractivity (Wildman–Crippen MR) is 124 cm³/mol. The minimum Gasteiger partial charge on any atom is -0.352 e. The van der Waals surface area contributed by atoms with Gasteiger partial charge in [-0.15, -0.1) is 0 Å². The van der Waals surface area contributed by atoms with Crippen molar-refractivity contribution < 1.29 is 9.59 Å². The summed E-state index contributed by atoms with van der Waals surface area (Å²) in [4.78, 5) is 27.9. The Balaban J connectivity index is 2.35. The Morgan fingerprint density at radius 2 is 1.60 bits per heavy atom. The van der Waals surface area contributed by atoms with Gasteiger partial charge in [0.05, 0.1) is 16.5 Å². The highest BCUT2D eigenvalue weighted by molar-refractivity contribution is 6.42. The first-order valence-electron chi connectivity index (χ1n) is 10.2. The number of amides is 2. The van der Waals surface area contributed by atoms with E-state index in [9.17, 15) is 9.59 Å². The predicted octanol–water partition coefficient (Wildman–Crippen LogP) is 5.48. The third-order valence-electron chi connectivity index (χ3n) is 4.79. The summed E-state index contributed by atoms with van der Waals surface area (Å²) in [5, 5.41) is 3.82. The molecule has 0 fully saturated rings. The second kappa shape index (κ2) is 10.8. The van der Waals surface area contributed by atoms with Crippen molar-refractivity contribution in [1.82, 2.24) is 10.2 Å². The topological polar surface area (TPSA) is 49.4 Å². The maximum absolute atomic E-state index is 13.4. The SMILES string of the molecule is CC[C@H](C(=O)NC(C)C)N(Cc1ccc(Cl)c(Cl)c1)C(=O)Cc1cc(C)cc(C)c1. The first kappa shape index (κ1) is 24.2. The van der Waals surface area contributed by atoms with Crippen LogP contribution in [-0.2, 0) is 22.6 Å². The van der Waals surface area contributed by atoms with Crippen LogP contribution in [-0.4, -0.2) is 28.8 Å². The lowest BCUT2D eigenvalue weighted by atomic mass is 10.0. The Morgan fingerprint density at radius 1 is 0.967 bits per heavy atom. The van der Waals surface area contributed by atoms with Crippen LogP contribution in [0.5, 0.6) is 0 Å². The van der Waals surface area contributed by atoms with E-state index in [0.717, 1.165) is 22.3 Å². The van der Waals surface area contributed by atoms with E-state index < -0.39 is 6.04 Å². The molecule has 0 saturated carbocycles. The molecule has 4 nitrogen and oxygen atoms in total. The maximum atomic E-state index is 13.4. The summed E-state index contributed by atoms with van der Waals surface area (Å²) in [6.45, 7) is 10.0. The average molecular weight is 449 g/mol. The largest absolute Gasteiger partial charge is 0.352 e. The molecule has 0 saturated heterocycles. The van der Waals surface area contributed by atoms with E-state index in [-0.39, 0.29) is 30.8 Å². The Hall–Kier alpha value is -2.04. The molecular weight excluding hydrogens is 419 g/mol. The number of aryl methyl sites for hydroxylation is 2. The average Bonchev–Trinajstić information content (AvgIpc) is 2.63. The molecule has 0 unspecified atom stereocenters. The van der Waals surface area contributed by atoms with Crippen LogP contribution in [0.25, 0.3) is 0 Å². The second-order valence-corrected chi connectivity index (χ2v) is 8.84. The summed E-state index contributed by atoms with van der Waals surface area (Å²) in [5.41, 5.74) is 3.99. The lowest BCUT2D eigenvalue weighted by molar-refractivity contribution is -0.141. The van der Waals surface area contributed by atoms with Gasteiger partial charge in [0.2, 0.25) is 11.8 Å². The number of carbonyl (C=O) groups is 2. The minimum absolute atomic E-state index is 0.00657. The van der Waals surface area contributed by atoms with Crippen LogP contribution in [0.3, 0.4) is 0 Å².